The van der Waals surface area contributed by atoms with Crippen LogP contribution in [0.4, 0.5) is 0 Å². The van der Waals surface area contributed by atoms with Crippen LogP contribution >= 0.6 is 0 Å². The van der Waals surface area contributed by atoms with Gasteiger partial charge >= 0.3 is 0 Å². The van der Waals surface area contributed by atoms with E-state index in [1.54, 1.807) is 61.7 Å². The zero-order valence-corrected chi connectivity index (χ0v) is 13.2. The molecule has 23 heavy (non-hydrogen) atoms. The highest BCUT2D eigenvalue weighted by atomic mass is 16.5. The van der Waals surface area contributed by atoms with Gasteiger partial charge in [-0.3, -0.25) is 9.59 Å². The SMILES string of the molecule is CCOc1ccc(C(=O)C=Cc2ccc(C(=O)NC)cc2)cc1. The van der Waals surface area contributed by atoms with Crippen molar-refractivity contribution in [3.05, 3.63) is 71.3 Å². The van der Waals surface area contributed by atoms with E-state index in [9.17, 15) is 9.59 Å². The molecule has 0 aromatic heterocycles. The highest BCUT2D eigenvalue weighted by Gasteiger charge is 2.03. The molecule has 0 bridgehead atoms. The number of nitrogens with one attached hydrogen (secondary N) is 1. The lowest BCUT2D eigenvalue weighted by molar-refractivity contribution is 0.0962. The van der Waals surface area contributed by atoms with Gasteiger partial charge in [0.2, 0.25) is 0 Å². The molecule has 4 nitrogen and oxygen atoms in total. The van der Waals surface area contributed by atoms with Crippen molar-refractivity contribution >= 4 is 17.8 Å². The van der Waals surface area contributed by atoms with Gasteiger partial charge in [0.25, 0.3) is 5.91 Å². The van der Waals surface area contributed by atoms with Crippen LogP contribution in [0.3, 0.4) is 0 Å². The Morgan fingerprint density at radius 3 is 2.17 bits per heavy atom. The molecule has 0 aliphatic heterocycles. The Morgan fingerprint density at radius 2 is 1.61 bits per heavy atom. The second-order valence-corrected chi connectivity index (χ2v) is 4.86. The van der Waals surface area contributed by atoms with Gasteiger partial charge in [0.05, 0.1) is 6.61 Å². The quantitative estimate of drug-likeness (QED) is 0.657. The molecule has 1 amide bonds. The highest BCUT2D eigenvalue weighted by molar-refractivity contribution is 6.06. The molecule has 0 saturated carbocycles. The summed E-state index contributed by atoms with van der Waals surface area (Å²) in [6.07, 6.45) is 3.25. The molecular weight excluding hydrogens is 290 g/mol. The Balaban J connectivity index is 2.04. The number of hydrogen-bond donors (Lipinski definition) is 1. The Bertz CT molecular complexity index is 700. The van der Waals surface area contributed by atoms with Crippen LogP contribution in [0.25, 0.3) is 6.08 Å². The number of carbonyl (C=O) groups excluding carboxylic acids is 2. The monoisotopic (exact) mass is 309 g/mol. The van der Waals surface area contributed by atoms with Gasteiger partial charge in [-0.25, -0.2) is 0 Å². The average Bonchev–Trinajstić information content (AvgIpc) is 2.60. The third-order valence-corrected chi connectivity index (χ3v) is 3.28. The largest absolute Gasteiger partial charge is 0.494 e. The van der Waals surface area contributed by atoms with Crippen LogP contribution in [0, 0.1) is 0 Å². The molecular formula is C19H19NO3. The third kappa shape index (κ3) is 4.54. The van der Waals surface area contributed by atoms with Crippen LogP contribution in [0.2, 0.25) is 0 Å². The summed E-state index contributed by atoms with van der Waals surface area (Å²) >= 11 is 0. The number of carbonyl (C=O) groups is 2. The molecule has 0 aliphatic carbocycles. The van der Waals surface area contributed by atoms with Gasteiger partial charge in [-0.15, -0.1) is 0 Å². The van der Waals surface area contributed by atoms with E-state index < -0.39 is 0 Å². The first-order chi connectivity index (χ1) is 11.1. The van der Waals surface area contributed by atoms with E-state index >= 15 is 0 Å². The summed E-state index contributed by atoms with van der Waals surface area (Å²) < 4.78 is 5.35. The van der Waals surface area contributed by atoms with E-state index in [1.165, 1.54) is 6.08 Å². The van der Waals surface area contributed by atoms with Crippen molar-refractivity contribution in [2.24, 2.45) is 0 Å². The predicted molar refractivity (Wildman–Crippen MR) is 90.8 cm³/mol. The van der Waals surface area contributed by atoms with Crippen molar-refractivity contribution in [2.45, 2.75) is 6.92 Å². The van der Waals surface area contributed by atoms with Gasteiger partial charge in [0.15, 0.2) is 5.78 Å². The number of rotatable bonds is 6. The molecule has 0 heterocycles. The van der Waals surface area contributed by atoms with Crippen molar-refractivity contribution < 1.29 is 14.3 Å². The van der Waals surface area contributed by atoms with E-state index in [2.05, 4.69) is 5.32 Å². The predicted octanol–water partition coefficient (Wildman–Crippen LogP) is 3.34. The topological polar surface area (TPSA) is 55.4 Å². The maximum absolute atomic E-state index is 12.1. The molecule has 0 aliphatic rings. The van der Waals surface area contributed by atoms with Gasteiger partial charge in [-0.1, -0.05) is 18.2 Å². The van der Waals surface area contributed by atoms with Crippen LogP contribution in [0.15, 0.2) is 54.6 Å². The summed E-state index contributed by atoms with van der Waals surface area (Å²) in [6, 6.07) is 14.1. The Morgan fingerprint density at radius 1 is 1.00 bits per heavy atom. The van der Waals surface area contributed by atoms with E-state index in [0.29, 0.717) is 17.7 Å². The molecule has 0 unspecified atom stereocenters. The van der Waals surface area contributed by atoms with Gasteiger partial charge in [-0.2, -0.15) is 0 Å². The van der Waals surface area contributed by atoms with Crippen molar-refractivity contribution in [3.63, 3.8) is 0 Å². The lowest BCUT2D eigenvalue weighted by Crippen LogP contribution is -2.17. The van der Waals surface area contributed by atoms with Crippen LogP contribution in [-0.4, -0.2) is 25.3 Å². The number of benzene rings is 2. The van der Waals surface area contributed by atoms with E-state index in [0.717, 1.165) is 11.3 Å². The van der Waals surface area contributed by atoms with Crippen molar-refractivity contribution in [1.82, 2.24) is 5.32 Å². The third-order valence-electron chi connectivity index (χ3n) is 3.28. The molecule has 0 spiro atoms. The Kier molecular flexibility index (Phi) is 5.69. The fraction of sp³-hybridized carbons (Fsp3) is 0.158. The number of amides is 1. The minimum atomic E-state index is -0.133. The summed E-state index contributed by atoms with van der Waals surface area (Å²) in [5, 5.41) is 2.56. The summed E-state index contributed by atoms with van der Waals surface area (Å²) in [5.41, 5.74) is 2.05. The van der Waals surface area contributed by atoms with Crippen molar-refractivity contribution in [2.75, 3.05) is 13.7 Å². The lowest BCUT2D eigenvalue weighted by Gasteiger charge is -2.03. The second-order valence-electron chi connectivity index (χ2n) is 4.86. The smallest absolute Gasteiger partial charge is 0.251 e. The van der Waals surface area contributed by atoms with E-state index in [4.69, 9.17) is 4.74 Å². The van der Waals surface area contributed by atoms with Gasteiger partial charge in [0, 0.05) is 18.2 Å². The summed E-state index contributed by atoms with van der Waals surface area (Å²) in [6.45, 7) is 2.51. The molecule has 2 rings (SSSR count). The standard InChI is InChI=1S/C19H19NO3/c1-3-23-17-11-9-15(10-12-17)18(21)13-6-14-4-7-16(8-5-14)19(22)20-2/h4-13H,3H2,1-2H3,(H,20,22). The number of allylic oxidation sites excluding steroid dienone is 1. The molecule has 2 aromatic carbocycles. The highest BCUT2D eigenvalue weighted by Crippen LogP contribution is 2.13. The van der Waals surface area contributed by atoms with Gasteiger partial charge < -0.3 is 10.1 Å². The molecule has 4 heteroatoms. The Hall–Kier alpha value is -2.88. The van der Waals surface area contributed by atoms with Crippen molar-refractivity contribution in [1.29, 1.82) is 0 Å². The Labute approximate surface area is 135 Å². The first-order valence-electron chi connectivity index (χ1n) is 7.41. The summed E-state index contributed by atoms with van der Waals surface area (Å²) in [7, 11) is 1.59. The first-order valence-corrected chi connectivity index (χ1v) is 7.41. The summed E-state index contributed by atoms with van der Waals surface area (Å²) in [5.74, 6) is 0.534. The number of hydrogen-bond acceptors (Lipinski definition) is 3. The molecule has 0 saturated heterocycles. The van der Waals surface area contributed by atoms with Crippen LogP contribution in [0.5, 0.6) is 5.75 Å². The second kappa shape index (κ2) is 7.94. The molecule has 0 radical (unpaired) electrons. The maximum atomic E-state index is 12.1. The maximum Gasteiger partial charge on any atom is 0.251 e. The molecule has 0 fully saturated rings. The zero-order valence-electron chi connectivity index (χ0n) is 13.2. The minimum absolute atomic E-state index is 0.0802. The average molecular weight is 309 g/mol. The van der Waals surface area contributed by atoms with Crippen LogP contribution in [0.1, 0.15) is 33.2 Å². The minimum Gasteiger partial charge on any atom is -0.494 e. The lowest BCUT2D eigenvalue weighted by atomic mass is 10.1. The van der Waals surface area contributed by atoms with E-state index in [-0.39, 0.29) is 11.7 Å². The van der Waals surface area contributed by atoms with Gasteiger partial charge in [-0.05, 0) is 55.0 Å². The zero-order chi connectivity index (χ0) is 16.7. The number of ether oxygens (including phenoxy) is 1. The normalized spacial score (nSPS) is 10.5. The molecule has 1 N–H and O–H groups in total. The van der Waals surface area contributed by atoms with Crippen LogP contribution in [-0.2, 0) is 0 Å². The molecule has 0 atom stereocenters. The molecule has 2 aromatic rings. The van der Waals surface area contributed by atoms with Crippen LogP contribution < -0.4 is 10.1 Å². The van der Waals surface area contributed by atoms with Crippen molar-refractivity contribution in [3.8, 4) is 5.75 Å². The fourth-order valence-corrected chi connectivity index (χ4v) is 2.04. The number of ketones is 1. The van der Waals surface area contributed by atoms with Gasteiger partial charge in [0.1, 0.15) is 5.75 Å². The first kappa shape index (κ1) is 16.5. The fourth-order valence-electron chi connectivity index (χ4n) is 2.04. The van der Waals surface area contributed by atoms with E-state index in [1.807, 2.05) is 6.92 Å². The summed E-state index contributed by atoms with van der Waals surface area (Å²) in [4.78, 5) is 23.6. The molecule has 118 valence electrons.